The molecule has 2 aromatic carbocycles. The maximum absolute atomic E-state index is 15.2. The first-order chi connectivity index (χ1) is 18.6. The van der Waals surface area contributed by atoms with E-state index in [1.54, 1.807) is 30.6 Å². The van der Waals surface area contributed by atoms with E-state index in [-0.39, 0.29) is 16.7 Å². The molecule has 0 saturated carbocycles. The van der Waals surface area contributed by atoms with Crippen molar-refractivity contribution < 1.29 is 22.0 Å². The second kappa shape index (κ2) is 12.1. The molecule has 4 rings (SSSR count). The molecule has 2 aromatic heterocycles. The Kier molecular flexibility index (Phi) is 8.81. The number of sulfonamides is 1. The zero-order valence-corrected chi connectivity index (χ0v) is 23.5. The standard InChI is InChI=1S/C28H30F2N4O3S2/c1-4-26-31-11-12-34(26)17-21-8-7-20(14-25(21)30)24-15-23(13-18(2)3)38-27(24)39(36,37)33-28(35)32-16-19-5-9-22(29)10-6-19/h5-12,14-15,18H,4,13,16-17H2,1-3H3,(H2,32,33,35). The number of hydrogen-bond acceptors (Lipinski definition) is 5. The van der Waals surface area contributed by atoms with E-state index in [0.717, 1.165) is 22.0 Å². The van der Waals surface area contributed by atoms with Gasteiger partial charge >= 0.3 is 6.03 Å². The zero-order valence-electron chi connectivity index (χ0n) is 21.9. The molecule has 4 aromatic rings. The Morgan fingerprint density at radius 1 is 1.10 bits per heavy atom. The van der Waals surface area contributed by atoms with Crippen LogP contribution in [0.2, 0.25) is 0 Å². The summed E-state index contributed by atoms with van der Waals surface area (Å²) >= 11 is 1.06. The molecule has 0 bridgehead atoms. The van der Waals surface area contributed by atoms with Gasteiger partial charge in [-0.1, -0.05) is 45.0 Å². The maximum Gasteiger partial charge on any atom is 0.328 e. The third kappa shape index (κ3) is 7.10. The van der Waals surface area contributed by atoms with Gasteiger partial charge in [-0.3, -0.25) is 0 Å². The Labute approximate surface area is 231 Å². The topological polar surface area (TPSA) is 93.1 Å². The lowest BCUT2D eigenvalue weighted by Crippen LogP contribution is -2.38. The lowest BCUT2D eigenvalue weighted by atomic mass is 10.0. The number of aryl methyl sites for hydroxylation is 1. The first kappa shape index (κ1) is 28.4. The van der Waals surface area contributed by atoms with Gasteiger partial charge in [0, 0.05) is 41.4 Å². The summed E-state index contributed by atoms with van der Waals surface area (Å²) in [5.74, 6) is 0.228. The van der Waals surface area contributed by atoms with Gasteiger partial charge < -0.3 is 9.88 Å². The molecular weight excluding hydrogens is 542 g/mol. The van der Waals surface area contributed by atoms with Crippen molar-refractivity contribution in [1.82, 2.24) is 19.6 Å². The van der Waals surface area contributed by atoms with Crippen LogP contribution in [0.15, 0.2) is 65.1 Å². The highest BCUT2D eigenvalue weighted by Gasteiger charge is 2.26. The molecule has 0 aliphatic heterocycles. The number of thiophene rings is 1. The van der Waals surface area contributed by atoms with Crippen LogP contribution in [0.25, 0.3) is 11.1 Å². The van der Waals surface area contributed by atoms with Gasteiger partial charge in [0.15, 0.2) is 0 Å². The summed E-state index contributed by atoms with van der Waals surface area (Å²) in [6.45, 7) is 6.33. The number of carbonyl (C=O) groups excluding carboxylic acids is 1. The van der Waals surface area contributed by atoms with Crippen LogP contribution in [-0.2, 0) is 36.0 Å². The summed E-state index contributed by atoms with van der Waals surface area (Å²) in [4.78, 5) is 17.5. The Morgan fingerprint density at radius 2 is 1.85 bits per heavy atom. The average Bonchev–Trinajstić information content (AvgIpc) is 3.51. The molecule has 0 aliphatic rings. The molecule has 0 fully saturated rings. The van der Waals surface area contributed by atoms with E-state index in [1.165, 1.54) is 30.3 Å². The van der Waals surface area contributed by atoms with Crippen LogP contribution in [0.5, 0.6) is 0 Å². The predicted molar refractivity (Wildman–Crippen MR) is 148 cm³/mol. The van der Waals surface area contributed by atoms with E-state index < -0.39 is 27.7 Å². The quantitative estimate of drug-likeness (QED) is 0.248. The molecular formula is C28H30F2N4O3S2. The lowest BCUT2D eigenvalue weighted by Gasteiger charge is -2.11. The van der Waals surface area contributed by atoms with Crippen molar-refractivity contribution in [1.29, 1.82) is 0 Å². The molecule has 0 unspecified atom stereocenters. The van der Waals surface area contributed by atoms with E-state index in [1.807, 2.05) is 25.3 Å². The number of aromatic nitrogens is 2. The molecule has 0 atom stereocenters. The Morgan fingerprint density at radius 3 is 2.51 bits per heavy atom. The van der Waals surface area contributed by atoms with E-state index in [0.29, 0.717) is 41.6 Å². The smallest absolute Gasteiger partial charge is 0.328 e. The Hall–Kier alpha value is -3.57. The van der Waals surface area contributed by atoms with Gasteiger partial charge in [-0.05, 0) is 47.7 Å². The minimum atomic E-state index is -4.28. The minimum absolute atomic E-state index is 0.0147. The number of nitrogens with one attached hydrogen (secondary N) is 2. The number of halogens is 2. The monoisotopic (exact) mass is 572 g/mol. The molecule has 206 valence electrons. The fourth-order valence-electron chi connectivity index (χ4n) is 4.14. The van der Waals surface area contributed by atoms with Crippen molar-refractivity contribution in [3.05, 3.63) is 94.4 Å². The van der Waals surface area contributed by atoms with Crippen LogP contribution >= 0.6 is 11.3 Å². The number of rotatable bonds is 10. The number of hydrogen-bond donors (Lipinski definition) is 2. The van der Waals surface area contributed by atoms with Crippen LogP contribution in [0.1, 0.15) is 42.6 Å². The summed E-state index contributed by atoms with van der Waals surface area (Å²) in [6, 6.07) is 11.0. The number of carbonyl (C=O) groups is 1. The van der Waals surface area contributed by atoms with Crippen molar-refractivity contribution in [3.63, 3.8) is 0 Å². The molecule has 2 heterocycles. The van der Waals surface area contributed by atoms with Crippen LogP contribution in [0.4, 0.5) is 13.6 Å². The molecule has 0 aliphatic carbocycles. The van der Waals surface area contributed by atoms with E-state index in [4.69, 9.17) is 0 Å². The highest BCUT2D eigenvalue weighted by atomic mass is 32.2. The minimum Gasteiger partial charge on any atom is -0.333 e. The zero-order chi connectivity index (χ0) is 28.2. The third-order valence-corrected chi connectivity index (χ3v) is 9.04. The summed E-state index contributed by atoms with van der Waals surface area (Å²) in [7, 11) is -4.28. The van der Waals surface area contributed by atoms with Gasteiger partial charge in [0.25, 0.3) is 10.0 Å². The van der Waals surface area contributed by atoms with Crippen LogP contribution in [0.3, 0.4) is 0 Å². The summed E-state index contributed by atoms with van der Waals surface area (Å²) < 4.78 is 58.8. The first-order valence-corrected chi connectivity index (χ1v) is 14.8. The SMILES string of the molecule is CCc1nccn1Cc1ccc(-c2cc(CC(C)C)sc2S(=O)(=O)NC(=O)NCc2ccc(F)cc2)cc1F. The number of nitrogens with zero attached hydrogens (tertiary/aromatic N) is 2. The molecule has 2 N–H and O–H groups in total. The van der Waals surface area contributed by atoms with Gasteiger partial charge in [-0.15, -0.1) is 11.3 Å². The number of amides is 2. The van der Waals surface area contributed by atoms with Gasteiger partial charge in [0.1, 0.15) is 21.7 Å². The maximum atomic E-state index is 15.2. The summed E-state index contributed by atoms with van der Waals surface area (Å²) in [5.41, 5.74) is 1.79. The van der Waals surface area contributed by atoms with Crippen LogP contribution in [0, 0.1) is 17.6 Å². The molecule has 0 saturated heterocycles. The number of benzene rings is 2. The van der Waals surface area contributed by atoms with E-state index >= 15 is 4.39 Å². The van der Waals surface area contributed by atoms with Crippen molar-refractivity contribution in [3.8, 4) is 11.1 Å². The fraction of sp³-hybridized carbons (Fsp3) is 0.286. The molecule has 7 nitrogen and oxygen atoms in total. The summed E-state index contributed by atoms with van der Waals surface area (Å²) in [6.07, 6.45) is 4.81. The van der Waals surface area contributed by atoms with Gasteiger partial charge in [-0.2, -0.15) is 0 Å². The van der Waals surface area contributed by atoms with Crippen molar-refractivity contribution in [2.45, 2.75) is 50.9 Å². The molecule has 39 heavy (non-hydrogen) atoms. The largest absolute Gasteiger partial charge is 0.333 e. The summed E-state index contributed by atoms with van der Waals surface area (Å²) in [5, 5.41) is 2.47. The second-order valence-electron chi connectivity index (χ2n) is 9.56. The van der Waals surface area contributed by atoms with Crippen LogP contribution in [-0.4, -0.2) is 24.0 Å². The van der Waals surface area contributed by atoms with Crippen molar-refractivity contribution in [2.24, 2.45) is 5.92 Å². The third-order valence-electron chi connectivity index (χ3n) is 6.02. The van der Waals surface area contributed by atoms with Gasteiger partial charge in [-0.25, -0.2) is 31.7 Å². The highest BCUT2D eigenvalue weighted by Crippen LogP contribution is 2.37. The number of urea groups is 1. The molecule has 2 amide bonds. The van der Waals surface area contributed by atoms with Gasteiger partial charge in [0.05, 0.1) is 6.54 Å². The molecule has 0 spiro atoms. The van der Waals surface area contributed by atoms with Crippen LogP contribution < -0.4 is 10.0 Å². The Bertz CT molecular complexity index is 1560. The van der Waals surface area contributed by atoms with E-state index in [9.17, 15) is 17.6 Å². The normalized spacial score (nSPS) is 11.6. The lowest BCUT2D eigenvalue weighted by molar-refractivity contribution is 0.245. The second-order valence-corrected chi connectivity index (χ2v) is 12.6. The fourth-order valence-corrected chi connectivity index (χ4v) is 7.02. The average molecular weight is 573 g/mol. The van der Waals surface area contributed by atoms with Crippen molar-refractivity contribution in [2.75, 3.05) is 0 Å². The van der Waals surface area contributed by atoms with Crippen molar-refractivity contribution >= 4 is 27.4 Å². The van der Waals surface area contributed by atoms with E-state index in [2.05, 4.69) is 15.0 Å². The first-order valence-electron chi connectivity index (χ1n) is 12.5. The molecule has 0 radical (unpaired) electrons. The number of imidazole rings is 1. The Balaban J connectivity index is 1.59. The molecule has 11 heteroatoms. The highest BCUT2D eigenvalue weighted by molar-refractivity contribution is 7.92. The van der Waals surface area contributed by atoms with Gasteiger partial charge in [0.2, 0.25) is 0 Å². The predicted octanol–water partition coefficient (Wildman–Crippen LogP) is 5.89.